The molecule has 0 N–H and O–H groups in total. The predicted octanol–water partition coefficient (Wildman–Crippen LogP) is 5.58. The second-order valence-electron chi connectivity index (χ2n) is 12.8. The van der Waals surface area contributed by atoms with Crippen molar-refractivity contribution >= 4 is 28.2 Å². The minimum absolute atomic E-state index is 0.0498. The quantitative estimate of drug-likeness (QED) is 0.531. The summed E-state index contributed by atoms with van der Waals surface area (Å²) in [6, 6.07) is 0. The third kappa shape index (κ3) is 3.32. The topological polar surface area (TPSA) is 46.6 Å². The maximum absolute atomic E-state index is 13.7. The lowest BCUT2D eigenvalue weighted by atomic mass is 9.49. The maximum atomic E-state index is 13.7. The Morgan fingerprint density at radius 2 is 1.63 bits per heavy atom. The van der Waals surface area contributed by atoms with Crippen molar-refractivity contribution in [1.29, 1.82) is 0 Å². The summed E-state index contributed by atoms with van der Waals surface area (Å²) in [7, 11) is -3.52. The van der Waals surface area contributed by atoms with E-state index in [4.69, 9.17) is 4.43 Å². The summed E-state index contributed by atoms with van der Waals surface area (Å²) in [6.07, 6.45) is 8.15. The first-order valence-corrected chi connectivity index (χ1v) is 18.8. The summed E-state index contributed by atoms with van der Waals surface area (Å²) in [5.41, 5.74) is 1.12. The van der Waals surface area contributed by atoms with Gasteiger partial charge < -0.3 is 8.99 Å². The third-order valence-corrected chi connectivity index (χ3v) is 11.5. The van der Waals surface area contributed by atoms with Crippen molar-refractivity contribution in [2.75, 3.05) is 0 Å². The number of rotatable bonds is 3. The number of hydrogen-bond donors (Lipinski definition) is 0. The molecule has 3 aliphatic carbocycles. The second kappa shape index (κ2) is 6.88. The summed E-state index contributed by atoms with van der Waals surface area (Å²) < 4.78 is 8.75. The third-order valence-electron chi connectivity index (χ3n) is 8.71. The van der Waals surface area contributed by atoms with Crippen LogP contribution >= 0.6 is 0 Å². The standard InChI is InChI=1S/C24H41NO3Si2/c1-23-14-12-21(27)25(29(3,4)5)19(23)15-18(26)22-16-9-10-20(28-30(6,7)8)24(16,2)13-11-17(22)23/h15-17,20,22H,9-14H2,1-8H3/t16-,17-,20-,22-,23+,24-/m0/s1. The van der Waals surface area contributed by atoms with Crippen LogP contribution < -0.4 is 0 Å². The van der Waals surface area contributed by atoms with E-state index in [2.05, 4.69) is 57.7 Å². The van der Waals surface area contributed by atoms with Gasteiger partial charge >= 0.3 is 0 Å². The van der Waals surface area contributed by atoms with E-state index in [-0.39, 0.29) is 28.4 Å². The van der Waals surface area contributed by atoms with Gasteiger partial charge in [0, 0.05) is 29.5 Å². The number of hydrogen-bond acceptors (Lipinski definition) is 3. The van der Waals surface area contributed by atoms with Gasteiger partial charge in [-0.3, -0.25) is 9.59 Å². The zero-order chi connectivity index (χ0) is 22.3. The highest BCUT2D eigenvalue weighted by molar-refractivity contribution is 6.76. The summed E-state index contributed by atoms with van der Waals surface area (Å²) in [4.78, 5) is 26.6. The number of carbonyl (C=O) groups is 2. The molecule has 1 saturated heterocycles. The van der Waals surface area contributed by atoms with Gasteiger partial charge in [0.25, 0.3) is 0 Å². The number of ketones is 1. The number of nitrogens with zero attached hydrogens (tertiary/aromatic N) is 1. The van der Waals surface area contributed by atoms with E-state index in [1.165, 1.54) is 0 Å². The van der Waals surface area contributed by atoms with E-state index < -0.39 is 16.6 Å². The van der Waals surface area contributed by atoms with E-state index in [0.717, 1.165) is 37.8 Å². The first kappa shape index (κ1) is 22.5. The first-order valence-electron chi connectivity index (χ1n) is 12.0. The fourth-order valence-corrected chi connectivity index (χ4v) is 10.5. The SMILES string of the molecule is C[C@]12CC[C@H]3[C@@H](C(=O)C=C4N([Si](C)(C)C)C(=O)CC[C@@]43C)[C@@H]1CC[C@@H]2O[Si](C)(C)C. The van der Waals surface area contributed by atoms with Gasteiger partial charge in [0.1, 0.15) is 0 Å². The lowest BCUT2D eigenvalue weighted by molar-refractivity contribution is -0.140. The van der Waals surface area contributed by atoms with Crippen molar-refractivity contribution in [2.45, 2.75) is 97.8 Å². The molecule has 0 spiro atoms. The second-order valence-corrected chi connectivity index (χ2v) is 22.1. The Morgan fingerprint density at radius 3 is 2.23 bits per heavy atom. The van der Waals surface area contributed by atoms with Gasteiger partial charge in [-0.05, 0) is 69.0 Å². The summed E-state index contributed by atoms with van der Waals surface area (Å²) in [5, 5.41) is 0. The first-order chi connectivity index (χ1) is 13.7. The number of fused-ring (bicyclic) bond motifs is 5. The van der Waals surface area contributed by atoms with Crippen molar-refractivity contribution in [2.24, 2.45) is 28.6 Å². The Kier molecular flexibility index (Phi) is 5.16. The van der Waals surface area contributed by atoms with E-state index in [1.807, 2.05) is 6.08 Å². The molecule has 2 saturated carbocycles. The normalized spacial score (nSPS) is 41.9. The molecule has 30 heavy (non-hydrogen) atoms. The summed E-state index contributed by atoms with van der Waals surface area (Å²) in [5.74, 6) is 1.40. The van der Waals surface area contributed by atoms with Crippen molar-refractivity contribution < 1.29 is 14.0 Å². The number of carbonyl (C=O) groups excluding carboxylic acids is 2. The largest absolute Gasteiger partial charge is 0.414 e. The number of allylic oxidation sites excluding steroid dienone is 2. The van der Waals surface area contributed by atoms with E-state index in [9.17, 15) is 9.59 Å². The molecule has 4 rings (SSSR count). The van der Waals surface area contributed by atoms with Crippen LogP contribution in [0.5, 0.6) is 0 Å². The van der Waals surface area contributed by atoms with Gasteiger partial charge in [-0.2, -0.15) is 0 Å². The Hall–Kier alpha value is -0.726. The fraction of sp³-hybridized carbons (Fsp3) is 0.833. The summed E-state index contributed by atoms with van der Waals surface area (Å²) in [6.45, 7) is 18.3. The average molecular weight is 448 g/mol. The smallest absolute Gasteiger partial charge is 0.218 e. The molecular formula is C24H41NO3Si2. The molecular weight excluding hydrogens is 406 g/mol. The number of piperidine rings is 1. The van der Waals surface area contributed by atoms with Gasteiger partial charge in [-0.15, -0.1) is 0 Å². The minimum atomic E-state index is -1.89. The molecule has 0 radical (unpaired) electrons. The van der Waals surface area contributed by atoms with E-state index in [0.29, 0.717) is 24.4 Å². The van der Waals surface area contributed by atoms with E-state index in [1.54, 1.807) is 0 Å². The molecule has 3 fully saturated rings. The van der Waals surface area contributed by atoms with Crippen LogP contribution in [0.3, 0.4) is 0 Å². The number of amides is 1. The van der Waals surface area contributed by atoms with Crippen LogP contribution in [-0.4, -0.2) is 38.9 Å². The monoisotopic (exact) mass is 447 g/mol. The van der Waals surface area contributed by atoms with Crippen LogP contribution in [-0.2, 0) is 14.0 Å². The van der Waals surface area contributed by atoms with Gasteiger partial charge in [0.05, 0.1) is 6.10 Å². The molecule has 4 aliphatic rings. The van der Waals surface area contributed by atoms with Gasteiger partial charge in [0.2, 0.25) is 5.91 Å². The molecule has 1 amide bonds. The molecule has 1 heterocycles. The molecule has 6 heteroatoms. The van der Waals surface area contributed by atoms with Crippen LogP contribution in [0.15, 0.2) is 11.8 Å². The van der Waals surface area contributed by atoms with Crippen LogP contribution in [0.2, 0.25) is 39.3 Å². The molecule has 0 unspecified atom stereocenters. The molecule has 4 nitrogen and oxygen atoms in total. The fourth-order valence-electron chi connectivity index (χ4n) is 7.39. The average Bonchev–Trinajstić information content (AvgIpc) is 2.90. The highest BCUT2D eigenvalue weighted by Gasteiger charge is 2.63. The van der Waals surface area contributed by atoms with Crippen molar-refractivity contribution in [1.82, 2.24) is 4.57 Å². The lowest BCUT2D eigenvalue weighted by Crippen LogP contribution is -2.61. The van der Waals surface area contributed by atoms with Gasteiger partial charge in [-0.25, -0.2) is 0 Å². The Balaban J connectivity index is 1.72. The van der Waals surface area contributed by atoms with Gasteiger partial charge in [-0.1, -0.05) is 33.5 Å². The van der Waals surface area contributed by atoms with Crippen LogP contribution in [0, 0.1) is 28.6 Å². The highest BCUT2D eigenvalue weighted by atomic mass is 28.4. The molecule has 0 aromatic heterocycles. The summed E-state index contributed by atoms with van der Waals surface area (Å²) >= 11 is 0. The van der Waals surface area contributed by atoms with Crippen molar-refractivity contribution in [3.63, 3.8) is 0 Å². The minimum Gasteiger partial charge on any atom is -0.414 e. The van der Waals surface area contributed by atoms with Crippen LogP contribution in [0.4, 0.5) is 0 Å². The molecule has 168 valence electrons. The van der Waals surface area contributed by atoms with Gasteiger partial charge in [0.15, 0.2) is 22.3 Å². The Bertz CT molecular complexity index is 795. The van der Waals surface area contributed by atoms with Crippen LogP contribution in [0.1, 0.15) is 52.4 Å². The highest BCUT2D eigenvalue weighted by Crippen LogP contribution is 2.64. The lowest BCUT2D eigenvalue weighted by Gasteiger charge is -2.59. The molecule has 0 bridgehead atoms. The zero-order valence-electron chi connectivity index (χ0n) is 20.3. The molecule has 0 aromatic rings. The van der Waals surface area contributed by atoms with E-state index >= 15 is 0 Å². The Morgan fingerprint density at radius 1 is 0.967 bits per heavy atom. The van der Waals surface area contributed by atoms with Crippen molar-refractivity contribution in [3.05, 3.63) is 11.8 Å². The Labute approximate surface area is 185 Å². The predicted molar refractivity (Wildman–Crippen MR) is 126 cm³/mol. The van der Waals surface area contributed by atoms with Crippen molar-refractivity contribution in [3.8, 4) is 0 Å². The zero-order valence-corrected chi connectivity index (χ0v) is 22.3. The maximum Gasteiger partial charge on any atom is 0.218 e. The molecule has 6 atom stereocenters. The molecule has 1 aliphatic heterocycles. The van der Waals surface area contributed by atoms with Crippen LogP contribution in [0.25, 0.3) is 0 Å². The molecule has 0 aromatic carbocycles.